The van der Waals surface area contributed by atoms with Crippen molar-refractivity contribution in [2.75, 3.05) is 6.54 Å². The van der Waals surface area contributed by atoms with Gasteiger partial charge < -0.3 is 5.32 Å². The Morgan fingerprint density at radius 2 is 2.24 bits per heavy atom. The Labute approximate surface area is 115 Å². The zero-order chi connectivity index (χ0) is 12.3. The Morgan fingerprint density at radius 1 is 1.41 bits per heavy atom. The molecular weight excluding hydrogens is 270 g/mol. The molecule has 0 bridgehead atoms. The molecule has 0 radical (unpaired) electrons. The number of thiophene rings is 2. The van der Waals surface area contributed by atoms with E-state index in [2.05, 4.69) is 35.5 Å². The van der Waals surface area contributed by atoms with Crippen molar-refractivity contribution < 1.29 is 0 Å². The van der Waals surface area contributed by atoms with Crippen LogP contribution in [0.4, 0.5) is 0 Å². The Balaban J connectivity index is 2.21. The normalized spacial score (nSPS) is 12.6. The minimum absolute atomic E-state index is 0.226. The first-order valence-electron chi connectivity index (χ1n) is 5.33. The molecule has 4 heteroatoms. The van der Waals surface area contributed by atoms with Crippen molar-refractivity contribution in [1.82, 2.24) is 5.32 Å². The van der Waals surface area contributed by atoms with Gasteiger partial charge >= 0.3 is 0 Å². The summed E-state index contributed by atoms with van der Waals surface area (Å²) in [5, 5.41) is 5.61. The first-order valence-corrected chi connectivity index (χ1v) is 7.40. The lowest BCUT2D eigenvalue weighted by molar-refractivity contribution is 0.660. The molecule has 0 amide bonds. The summed E-state index contributed by atoms with van der Waals surface area (Å²) in [5.41, 5.74) is 1.13. The molecule has 0 aliphatic heterocycles. The Kier molecular flexibility index (Phi) is 4.40. The number of hydrogen-bond donors (Lipinski definition) is 1. The Morgan fingerprint density at radius 3 is 2.76 bits per heavy atom. The number of halogens is 1. The molecule has 90 valence electrons. The molecule has 1 unspecified atom stereocenters. The van der Waals surface area contributed by atoms with Crippen LogP contribution >= 0.6 is 34.3 Å². The minimum atomic E-state index is 0.226. The molecule has 2 aromatic rings. The van der Waals surface area contributed by atoms with Gasteiger partial charge in [0.15, 0.2) is 0 Å². The molecule has 0 saturated carbocycles. The van der Waals surface area contributed by atoms with Gasteiger partial charge in [0.1, 0.15) is 0 Å². The maximum atomic E-state index is 6.01. The molecule has 0 aromatic carbocycles. The summed E-state index contributed by atoms with van der Waals surface area (Å²) < 4.78 is 0.832. The van der Waals surface area contributed by atoms with Gasteiger partial charge in [0.05, 0.1) is 10.4 Å². The largest absolute Gasteiger partial charge is 0.301 e. The fourth-order valence-corrected chi connectivity index (χ4v) is 3.60. The first kappa shape index (κ1) is 12.8. The van der Waals surface area contributed by atoms with Crippen LogP contribution in [-0.4, -0.2) is 6.54 Å². The SMILES string of the molecule is C=C(C)CNC(c1cccs1)c1ccc(Cl)s1. The Hall–Kier alpha value is -0.610. The zero-order valence-electron chi connectivity index (χ0n) is 9.57. The predicted octanol–water partition coefficient (Wildman–Crippen LogP) is 4.72. The molecule has 0 aliphatic carbocycles. The summed E-state index contributed by atoms with van der Waals surface area (Å²) in [7, 11) is 0. The lowest BCUT2D eigenvalue weighted by Gasteiger charge is -2.16. The van der Waals surface area contributed by atoms with E-state index in [0.29, 0.717) is 0 Å². The van der Waals surface area contributed by atoms with Crippen LogP contribution in [0.3, 0.4) is 0 Å². The van der Waals surface area contributed by atoms with E-state index in [1.54, 1.807) is 22.7 Å². The van der Waals surface area contributed by atoms with Crippen LogP contribution in [0, 0.1) is 0 Å². The van der Waals surface area contributed by atoms with Crippen LogP contribution in [0.1, 0.15) is 22.7 Å². The summed E-state index contributed by atoms with van der Waals surface area (Å²) in [4.78, 5) is 2.56. The van der Waals surface area contributed by atoms with Crippen molar-refractivity contribution in [3.8, 4) is 0 Å². The van der Waals surface area contributed by atoms with Gasteiger partial charge in [0.2, 0.25) is 0 Å². The second-order valence-electron chi connectivity index (χ2n) is 3.93. The van der Waals surface area contributed by atoms with Crippen LogP contribution < -0.4 is 5.32 Å². The number of rotatable bonds is 5. The van der Waals surface area contributed by atoms with Gasteiger partial charge in [0.25, 0.3) is 0 Å². The zero-order valence-corrected chi connectivity index (χ0v) is 12.0. The summed E-state index contributed by atoms with van der Waals surface area (Å²) in [6, 6.07) is 8.48. The van der Waals surface area contributed by atoms with Crippen molar-refractivity contribution in [2.45, 2.75) is 13.0 Å². The van der Waals surface area contributed by atoms with Crippen LogP contribution in [-0.2, 0) is 0 Å². The first-order chi connectivity index (χ1) is 8.16. The van der Waals surface area contributed by atoms with Gasteiger partial charge in [-0.25, -0.2) is 0 Å². The standard InChI is InChI=1S/C13H14ClNS2/c1-9(2)8-15-13(10-4-3-7-16-10)11-5-6-12(14)17-11/h3-7,13,15H,1,8H2,2H3. The average molecular weight is 284 g/mol. The summed E-state index contributed by atoms with van der Waals surface area (Å²) in [5.74, 6) is 0. The van der Waals surface area contributed by atoms with E-state index in [9.17, 15) is 0 Å². The smallest absolute Gasteiger partial charge is 0.0931 e. The number of nitrogens with one attached hydrogen (secondary N) is 1. The maximum Gasteiger partial charge on any atom is 0.0931 e. The topological polar surface area (TPSA) is 12.0 Å². The minimum Gasteiger partial charge on any atom is -0.301 e. The second kappa shape index (κ2) is 5.83. The maximum absolute atomic E-state index is 6.01. The third-order valence-corrected chi connectivity index (χ3v) is 4.55. The van der Waals surface area contributed by atoms with Gasteiger partial charge in [-0.3, -0.25) is 0 Å². The Bertz CT molecular complexity index is 487. The molecule has 2 heterocycles. The van der Waals surface area contributed by atoms with E-state index in [1.165, 1.54) is 9.75 Å². The quantitative estimate of drug-likeness (QED) is 0.783. The van der Waals surface area contributed by atoms with Gasteiger partial charge in [0, 0.05) is 16.3 Å². The lowest BCUT2D eigenvalue weighted by Crippen LogP contribution is -2.22. The third-order valence-electron chi connectivity index (χ3n) is 2.31. The highest BCUT2D eigenvalue weighted by Crippen LogP contribution is 2.32. The van der Waals surface area contributed by atoms with Crippen LogP contribution in [0.5, 0.6) is 0 Å². The molecule has 17 heavy (non-hydrogen) atoms. The fourth-order valence-electron chi connectivity index (χ4n) is 1.56. The highest BCUT2D eigenvalue weighted by atomic mass is 35.5. The lowest BCUT2D eigenvalue weighted by atomic mass is 10.2. The summed E-state index contributed by atoms with van der Waals surface area (Å²) >= 11 is 9.39. The van der Waals surface area contributed by atoms with Gasteiger partial charge in [-0.1, -0.05) is 29.8 Å². The van der Waals surface area contributed by atoms with Gasteiger partial charge in [-0.2, -0.15) is 0 Å². The van der Waals surface area contributed by atoms with E-state index in [1.807, 2.05) is 13.0 Å². The van der Waals surface area contributed by atoms with Crippen molar-refractivity contribution in [3.05, 3.63) is 55.9 Å². The molecule has 1 nitrogen and oxygen atoms in total. The fraction of sp³-hybridized carbons (Fsp3) is 0.231. The molecule has 1 N–H and O–H groups in total. The van der Waals surface area contributed by atoms with Crippen LogP contribution in [0.2, 0.25) is 4.34 Å². The molecule has 0 aliphatic rings. The number of hydrogen-bond acceptors (Lipinski definition) is 3. The predicted molar refractivity (Wildman–Crippen MR) is 78.3 cm³/mol. The summed E-state index contributed by atoms with van der Waals surface area (Å²) in [6.45, 7) is 6.77. The van der Waals surface area contributed by atoms with E-state index < -0.39 is 0 Å². The second-order valence-corrected chi connectivity index (χ2v) is 6.65. The van der Waals surface area contributed by atoms with Crippen molar-refractivity contribution in [2.24, 2.45) is 0 Å². The molecular formula is C13H14ClNS2. The van der Waals surface area contributed by atoms with E-state index in [4.69, 9.17) is 11.6 Å². The highest BCUT2D eigenvalue weighted by Gasteiger charge is 2.16. The third kappa shape index (κ3) is 3.42. The van der Waals surface area contributed by atoms with Crippen LogP contribution in [0.15, 0.2) is 41.8 Å². The molecule has 1 atom stereocenters. The average Bonchev–Trinajstić information content (AvgIpc) is 2.90. The van der Waals surface area contributed by atoms with Crippen molar-refractivity contribution in [3.63, 3.8) is 0 Å². The van der Waals surface area contributed by atoms with E-state index in [0.717, 1.165) is 16.5 Å². The van der Waals surface area contributed by atoms with Gasteiger partial charge in [-0.05, 0) is 30.5 Å². The van der Waals surface area contributed by atoms with Gasteiger partial charge in [-0.15, -0.1) is 22.7 Å². The highest BCUT2D eigenvalue weighted by molar-refractivity contribution is 7.16. The molecule has 0 fully saturated rings. The monoisotopic (exact) mass is 283 g/mol. The van der Waals surface area contributed by atoms with Crippen molar-refractivity contribution in [1.29, 1.82) is 0 Å². The molecule has 2 aromatic heterocycles. The molecule has 0 spiro atoms. The van der Waals surface area contributed by atoms with E-state index >= 15 is 0 Å². The van der Waals surface area contributed by atoms with E-state index in [-0.39, 0.29) is 6.04 Å². The molecule has 2 rings (SSSR count). The molecule has 0 saturated heterocycles. The van der Waals surface area contributed by atoms with Crippen molar-refractivity contribution >= 4 is 34.3 Å². The summed E-state index contributed by atoms with van der Waals surface area (Å²) in [6.07, 6.45) is 0. The van der Waals surface area contributed by atoms with Crippen LogP contribution in [0.25, 0.3) is 0 Å².